The minimum atomic E-state index is -0.348. The molecule has 1 aliphatic heterocycles. The van der Waals surface area contributed by atoms with Gasteiger partial charge in [-0.3, -0.25) is 9.69 Å². The lowest BCUT2D eigenvalue weighted by Crippen LogP contribution is -2.44. The fourth-order valence-electron chi connectivity index (χ4n) is 4.05. The summed E-state index contributed by atoms with van der Waals surface area (Å²) in [4.78, 5) is 26.9. The van der Waals surface area contributed by atoms with Gasteiger partial charge in [-0.25, -0.2) is 4.79 Å². The number of piperidine rings is 1. The zero-order chi connectivity index (χ0) is 21.3. The first-order chi connectivity index (χ1) is 14.4. The SMILES string of the molecule is Cc1cc2oc(=O)cc(CN3CCC(NC(=O)c4ccccc4C)CC3)c2cc1Cl. The Kier molecular flexibility index (Phi) is 5.93. The molecule has 1 aliphatic rings. The quantitative estimate of drug-likeness (QED) is 0.628. The lowest BCUT2D eigenvalue weighted by Gasteiger charge is -2.32. The molecule has 0 unspecified atom stereocenters. The van der Waals surface area contributed by atoms with Gasteiger partial charge in [0.1, 0.15) is 5.58 Å². The number of nitrogens with one attached hydrogen (secondary N) is 1. The van der Waals surface area contributed by atoms with E-state index in [1.807, 2.05) is 50.2 Å². The highest BCUT2D eigenvalue weighted by atomic mass is 35.5. The molecule has 0 radical (unpaired) electrons. The second-order valence-corrected chi connectivity index (χ2v) is 8.43. The topological polar surface area (TPSA) is 62.6 Å². The van der Waals surface area contributed by atoms with E-state index in [9.17, 15) is 9.59 Å². The van der Waals surface area contributed by atoms with Gasteiger partial charge in [0.2, 0.25) is 0 Å². The third-order valence-corrected chi connectivity index (χ3v) is 6.22. The number of fused-ring (bicyclic) bond motifs is 1. The van der Waals surface area contributed by atoms with Crippen molar-refractivity contribution in [2.24, 2.45) is 0 Å². The van der Waals surface area contributed by atoms with Crippen LogP contribution in [0.3, 0.4) is 0 Å². The van der Waals surface area contributed by atoms with Gasteiger partial charge in [-0.15, -0.1) is 0 Å². The normalized spacial score (nSPS) is 15.4. The molecular formula is C24H25ClN2O3. The first-order valence-electron chi connectivity index (χ1n) is 10.2. The predicted octanol–water partition coefficient (Wildman–Crippen LogP) is 4.46. The molecule has 0 spiro atoms. The number of aryl methyl sites for hydroxylation is 2. The molecule has 0 bridgehead atoms. The molecule has 0 saturated carbocycles. The Morgan fingerprint density at radius 1 is 1.13 bits per heavy atom. The van der Waals surface area contributed by atoms with Crippen molar-refractivity contribution in [1.82, 2.24) is 10.2 Å². The van der Waals surface area contributed by atoms with Crippen LogP contribution in [0.15, 0.2) is 51.7 Å². The van der Waals surface area contributed by atoms with Gasteiger partial charge < -0.3 is 9.73 Å². The zero-order valence-electron chi connectivity index (χ0n) is 17.2. The zero-order valence-corrected chi connectivity index (χ0v) is 18.0. The molecule has 1 aromatic heterocycles. The molecule has 1 amide bonds. The maximum absolute atomic E-state index is 12.6. The van der Waals surface area contributed by atoms with Crippen LogP contribution in [-0.2, 0) is 6.54 Å². The second-order valence-electron chi connectivity index (χ2n) is 8.03. The molecule has 4 rings (SSSR count). The number of rotatable bonds is 4. The monoisotopic (exact) mass is 424 g/mol. The molecule has 3 aromatic rings. The van der Waals surface area contributed by atoms with Crippen molar-refractivity contribution < 1.29 is 9.21 Å². The number of carbonyl (C=O) groups is 1. The maximum Gasteiger partial charge on any atom is 0.336 e. The van der Waals surface area contributed by atoms with Crippen molar-refractivity contribution >= 4 is 28.5 Å². The molecule has 6 heteroatoms. The third-order valence-electron chi connectivity index (χ3n) is 5.82. The number of hydrogen-bond donors (Lipinski definition) is 1. The van der Waals surface area contributed by atoms with Gasteiger partial charge in [-0.05, 0) is 61.6 Å². The number of likely N-dealkylation sites (tertiary alicyclic amines) is 1. The molecule has 0 atom stereocenters. The highest BCUT2D eigenvalue weighted by molar-refractivity contribution is 6.32. The molecule has 0 aliphatic carbocycles. The maximum atomic E-state index is 12.6. The highest BCUT2D eigenvalue weighted by Crippen LogP contribution is 2.26. The Bertz CT molecular complexity index is 1150. The molecule has 1 N–H and O–H groups in total. The fourth-order valence-corrected chi connectivity index (χ4v) is 4.21. The standard InChI is InChI=1S/C24H25ClN2O3/c1-15-5-3-4-6-19(15)24(29)26-18-7-9-27(10-8-18)14-17-12-23(28)30-22-11-16(2)21(25)13-20(17)22/h3-6,11-13,18H,7-10,14H2,1-2H3,(H,26,29). The van der Waals surface area contributed by atoms with Crippen LogP contribution in [-0.4, -0.2) is 29.9 Å². The van der Waals surface area contributed by atoms with E-state index >= 15 is 0 Å². The van der Waals surface area contributed by atoms with Crippen molar-refractivity contribution in [3.8, 4) is 0 Å². The fraction of sp³-hybridized carbons (Fsp3) is 0.333. The summed E-state index contributed by atoms with van der Waals surface area (Å²) in [6.07, 6.45) is 1.74. The number of nitrogens with zero attached hydrogens (tertiary/aromatic N) is 1. The number of carbonyl (C=O) groups excluding carboxylic acids is 1. The van der Waals surface area contributed by atoms with Gasteiger partial charge in [-0.1, -0.05) is 29.8 Å². The van der Waals surface area contributed by atoms with Gasteiger partial charge in [0.25, 0.3) is 5.91 Å². The number of benzene rings is 2. The molecule has 5 nitrogen and oxygen atoms in total. The summed E-state index contributed by atoms with van der Waals surface area (Å²) in [5, 5.41) is 4.70. The Labute approximate surface area is 180 Å². The van der Waals surface area contributed by atoms with Gasteiger partial charge in [0.15, 0.2) is 0 Å². The lowest BCUT2D eigenvalue weighted by molar-refractivity contribution is 0.0908. The summed E-state index contributed by atoms with van der Waals surface area (Å²) < 4.78 is 5.36. The van der Waals surface area contributed by atoms with Crippen LogP contribution in [0.25, 0.3) is 11.0 Å². The van der Waals surface area contributed by atoms with E-state index in [0.29, 0.717) is 17.2 Å². The number of halogens is 1. The smallest absolute Gasteiger partial charge is 0.336 e. The van der Waals surface area contributed by atoms with E-state index in [1.165, 1.54) is 0 Å². The average molecular weight is 425 g/mol. The molecule has 2 aromatic carbocycles. The van der Waals surface area contributed by atoms with Crippen LogP contribution in [0.1, 0.15) is 39.9 Å². The van der Waals surface area contributed by atoms with Crippen molar-refractivity contribution in [3.63, 3.8) is 0 Å². The molecule has 1 fully saturated rings. The average Bonchev–Trinajstić information content (AvgIpc) is 2.71. The minimum Gasteiger partial charge on any atom is -0.423 e. The summed E-state index contributed by atoms with van der Waals surface area (Å²) in [6.45, 7) is 6.19. The van der Waals surface area contributed by atoms with Crippen LogP contribution in [0.2, 0.25) is 5.02 Å². The van der Waals surface area contributed by atoms with E-state index in [-0.39, 0.29) is 17.6 Å². The van der Waals surface area contributed by atoms with Gasteiger partial charge >= 0.3 is 5.63 Å². The van der Waals surface area contributed by atoms with Crippen LogP contribution in [0.4, 0.5) is 0 Å². The van der Waals surface area contributed by atoms with Crippen molar-refractivity contribution in [3.05, 3.63) is 80.2 Å². The summed E-state index contributed by atoms with van der Waals surface area (Å²) >= 11 is 6.30. The van der Waals surface area contributed by atoms with Crippen molar-refractivity contribution in [2.75, 3.05) is 13.1 Å². The van der Waals surface area contributed by atoms with E-state index < -0.39 is 0 Å². The predicted molar refractivity (Wildman–Crippen MR) is 119 cm³/mol. The van der Waals surface area contributed by atoms with Gasteiger partial charge in [-0.2, -0.15) is 0 Å². The largest absolute Gasteiger partial charge is 0.423 e. The highest BCUT2D eigenvalue weighted by Gasteiger charge is 2.22. The summed E-state index contributed by atoms with van der Waals surface area (Å²) in [5.41, 5.74) is 3.74. The summed E-state index contributed by atoms with van der Waals surface area (Å²) in [6, 6.07) is 13.0. The van der Waals surface area contributed by atoms with Crippen LogP contribution in [0, 0.1) is 13.8 Å². The first kappa shape index (κ1) is 20.6. The van der Waals surface area contributed by atoms with E-state index in [0.717, 1.165) is 53.6 Å². The van der Waals surface area contributed by atoms with Crippen molar-refractivity contribution in [1.29, 1.82) is 0 Å². The number of hydrogen-bond acceptors (Lipinski definition) is 4. The number of amides is 1. The second kappa shape index (κ2) is 8.62. The Hall–Kier alpha value is -2.63. The van der Waals surface area contributed by atoms with Gasteiger partial charge in [0, 0.05) is 47.7 Å². The first-order valence-corrected chi connectivity index (χ1v) is 10.6. The molecule has 1 saturated heterocycles. The Morgan fingerprint density at radius 2 is 1.87 bits per heavy atom. The Morgan fingerprint density at radius 3 is 2.60 bits per heavy atom. The molecule has 2 heterocycles. The van der Waals surface area contributed by atoms with Crippen LogP contribution >= 0.6 is 11.6 Å². The molecule has 30 heavy (non-hydrogen) atoms. The van der Waals surface area contributed by atoms with Gasteiger partial charge in [0.05, 0.1) is 0 Å². The summed E-state index contributed by atoms with van der Waals surface area (Å²) in [5.74, 6) is -0.0109. The van der Waals surface area contributed by atoms with E-state index in [1.54, 1.807) is 6.07 Å². The van der Waals surface area contributed by atoms with Crippen LogP contribution in [0.5, 0.6) is 0 Å². The lowest BCUT2D eigenvalue weighted by atomic mass is 10.0. The minimum absolute atomic E-state index is 0.0109. The van der Waals surface area contributed by atoms with Crippen molar-refractivity contribution in [2.45, 2.75) is 39.3 Å². The van der Waals surface area contributed by atoms with E-state index in [2.05, 4.69) is 10.2 Å². The van der Waals surface area contributed by atoms with Crippen LogP contribution < -0.4 is 10.9 Å². The molecular weight excluding hydrogens is 400 g/mol. The summed E-state index contributed by atoms with van der Waals surface area (Å²) in [7, 11) is 0. The van der Waals surface area contributed by atoms with E-state index in [4.69, 9.17) is 16.0 Å². The molecule has 156 valence electrons. The third kappa shape index (κ3) is 4.42. The Balaban J connectivity index is 1.42.